The van der Waals surface area contributed by atoms with Gasteiger partial charge >= 0.3 is 0 Å². The molecule has 88 valence electrons. The van der Waals surface area contributed by atoms with E-state index in [1.807, 2.05) is 0 Å². The van der Waals surface area contributed by atoms with Crippen molar-refractivity contribution in [1.29, 1.82) is 0 Å². The van der Waals surface area contributed by atoms with E-state index >= 15 is 0 Å². The molecule has 2 aliphatic rings. The highest BCUT2D eigenvalue weighted by molar-refractivity contribution is 4.76. The molecule has 2 heterocycles. The molecular weight excluding hydrogens is 188 g/mol. The second-order valence-corrected chi connectivity index (χ2v) is 5.03. The van der Waals surface area contributed by atoms with Crippen LogP contribution in [0.15, 0.2) is 0 Å². The Hall–Kier alpha value is -0.120. The zero-order chi connectivity index (χ0) is 10.5. The quantitative estimate of drug-likeness (QED) is 0.732. The number of aliphatic hydroxyl groups excluding tert-OH is 1. The number of likely N-dealkylation sites (tertiary alicyclic amines) is 1. The summed E-state index contributed by atoms with van der Waals surface area (Å²) in [6, 6.07) is 0.734. The van der Waals surface area contributed by atoms with Gasteiger partial charge in [0, 0.05) is 12.6 Å². The molecule has 0 radical (unpaired) electrons. The van der Waals surface area contributed by atoms with E-state index in [2.05, 4.69) is 10.2 Å². The molecule has 2 N–H and O–H groups in total. The summed E-state index contributed by atoms with van der Waals surface area (Å²) in [5, 5.41) is 13.1. The topological polar surface area (TPSA) is 35.5 Å². The fraction of sp³-hybridized carbons (Fsp3) is 1.00. The Morgan fingerprint density at radius 3 is 2.87 bits per heavy atom. The number of β-amino-alcohol motifs (C(OH)–C–C–N with tert-alkyl or cyclic N) is 1. The minimum atomic E-state index is -0.0712. The van der Waals surface area contributed by atoms with Gasteiger partial charge in [0.2, 0.25) is 0 Å². The van der Waals surface area contributed by atoms with Crippen LogP contribution in [0, 0.1) is 0 Å². The first kappa shape index (κ1) is 11.4. The predicted molar refractivity (Wildman–Crippen MR) is 61.9 cm³/mol. The van der Waals surface area contributed by atoms with Crippen LogP contribution in [0.3, 0.4) is 0 Å². The largest absolute Gasteiger partial charge is 0.392 e. The number of hydrogen-bond acceptors (Lipinski definition) is 3. The van der Waals surface area contributed by atoms with Crippen molar-refractivity contribution in [3.05, 3.63) is 0 Å². The van der Waals surface area contributed by atoms with E-state index in [-0.39, 0.29) is 6.10 Å². The average molecular weight is 212 g/mol. The highest BCUT2D eigenvalue weighted by Gasteiger charge is 2.19. The van der Waals surface area contributed by atoms with Crippen molar-refractivity contribution in [3.8, 4) is 0 Å². The van der Waals surface area contributed by atoms with Gasteiger partial charge in [-0.05, 0) is 51.7 Å². The monoisotopic (exact) mass is 212 g/mol. The van der Waals surface area contributed by atoms with Gasteiger partial charge in [0.05, 0.1) is 6.10 Å². The molecule has 0 bridgehead atoms. The predicted octanol–water partition coefficient (Wildman–Crippen LogP) is 0.975. The number of rotatable bonds is 3. The molecule has 2 fully saturated rings. The summed E-state index contributed by atoms with van der Waals surface area (Å²) < 4.78 is 0. The molecule has 2 aliphatic heterocycles. The van der Waals surface area contributed by atoms with Crippen LogP contribution in [0.2, 0.25) is 0 Å². The zero-order valence-corrected chi connectivity index (χ0v) is 9.62. The standard InChI is InChI=1S/C12H24N2O/c15-12-5-3-8-14(10-12)9-6-11-4-1-2-7-13-11/h11-13,15H,1-10H2. The van der Waals surface area contributed by atoms with E-state index in [1.54, 1.807) is 0 Å². The molecule has 2 unspecified atom stereocenters. The van der Waals surface area contributed by atoms with Gasteiger partial charge in [-0.15, -0.1) is 0 Å². The van der Waals surface area contributed by atoms with E-state index in [1.165, 1.54) is 45.2 Å². The molecule has 0 aromatic heterocycles. The second kappa shape index (κ2) is 5.83. The van der Waals surface area contributed by atoms with E-state index < -0.39 is 0 Å². The molecule has 15 heavy (non-hydrogen) atoms. The number of aliphatic hydroxyl groups is 1. The first-order valence-electron chi connectivity index (χ1n) is 6.48. The minimum absolute atomic E-state index is 0.0712. The lowest BCUT2D eigenvalue weighted by Crippen LogP contribution is -2.42. The van der Waals surface area contributed by atoms with Crippen LogP contribution in [0.1, 0.15) is 38.5 Å². The first-order chi connectivity index (χ1) is 7.34. The maximum absolute atomic E-state index is 9.56. The second-order valence-electron chi connectivity index (χ2n) is 5.03. The maximum Gasteiger partial charge on any atom is 0.0667 e. The van der Waals surface area contributed by atoms with Gasteiger partial charge < -0.3 is 15.3 Å². The SMILES string of the molecule is OC1CCCN(CCC2CCCCN2)C1. The Morgan fingerprint density at radius 1 is 1.20 bits per heavy atom. The molecule has 0 aliphatic carbocycles. The third kappa shape index (κ3) is 3.74. The zero-order valence-electron chi connectivity index (χ0n) is 9.62. The van der Waals surface area contributed by atoms with Crippen molar-refractivity contribution >= 4 is 0 Å². The van der Waals surface area contributed by atoms with Crippen molar-refractivity contribution < 1.29 is 5.11 Å². The van der Waals surface area contributed by atoms with Gasteiger partial charge in [-0.25, -0.2) is 0 Å². The third-order valence-corrected chi connectivity index (χ3v) is 3.69. The number of hydrogen-bond donors (Lipinski definition) is 2. The smallest absolute Gasteiger partial charge is 0.0667 e. The molecule has 3 heteroatoms. The van der Waals surface area contributed by atoms with Gasteiger partial charge in [-0.2, -0.15) is 0 Å². The van der Waals surface area contributed by atoms with Crippen LogP contribution < -0.4 is 5.32 Å². The van der Waals surface area contributed by atoms with Crippen molar-refractivity contribution in [1.82, 2.24) is 10.2 Å². The van der Waals surface area contributed by atoms with Crippen LogP contribution in [-0.4, -0.2) is 48.3 Å². The molecule has 0 aromatic carbocycles. The van der Waals surface area contributed by atoms with Gasteiger partial charge in [0.1, 0.15) is 0 Å². The van der Waals surface area contributed by atoms with Gasteiger partial charge in [-0.3, -0.25) is 0 Å². The van der Waals surface area contributed by atoms with Gasteiger partial charge in [0.25, 0.3) is 0 Å². The summed E-state index contributed by atoms with van der Waals surface area (Å²) in [5.41, 5.74) is 0. The van der Waals surface area contributed by atoms with E-state index in [0.29, 0.717) is 0 Å². The number of piperidine rings is 2. The average Bonchev–Trinajstić information content (AvgIpc) is 2.28. The normalized spacial score (nSPS) is 34.2. The molecule has 2 atom stereocenters. The van der Waals surface area contributed by atoms with Crippen LogP contribution in [-0.2, 0) is 0 Å². The molecule has 2 rings (SSSR count). The van der Waals surface area contributed by atoms with Crippen molar-refractivity contribution in [3.63, 3.8) is 0 Å². The van der Waals surface area contributed by atoms with Gasteiger partial charge in [-0.1, -0.05) is 6.42 Å². The van der Waals surface area contributed by atoms with E-state index in [9.17, 15) is 5.11 Å². The lowest BCUT2D eigenvalue weighted by Gasteiger charge is -2.32. The Balaban J connectivity index is 1.63. The highest BCUT2D eigenvalue weighted by atomic mass is 16.3. The van der Waals surface area contributed by atoms with E-state index in [4.69, 9.17) is 0 Å². The fourth-order valence-corrected chi connectivity index (χ4v) is 2.74. The molecule has 2 saturated heterocycles. The third-order valence-electron chi connectivity index (χ3n) is 3.69. The Morgan fingerprint density at radius 2 is 2.13 bits per heavy atom. The Kier molecular flexibility index (Phi) is 4.42. The summed E-state index contributed by atoms with van der Waals surface area (Å²) in [6.07, 6.45) is 7.43. The van der Waals surface area contributed by atoms with Gasteiger partial charge in [0.15, 0.2) is 0 Å². The minimum Gasteiger partial charge on any atom is -0.392 e. The van der Waals surface area contributed by atoms with Crippen LogP contribution in [0.25, 0.3) is 0 Å². The Labute approximate surface area is 92.8 Å². The van der Waals surface area contributed by atoms with Crippen molar-refractivity contribution in [2.75, 3.05) is 26.2 Å². The van der Waals surface area contributed by atoms with Crippen molar-refractivity contribution in [2.45, 2.75) is 50.7 Å². The van der Waals surface area contributed by atoms with Crippen LogP contribution >= 0.6 is 0 Å². The molecule has 0 aromatic rings. The Bertz CT molecular complexity index is 180. The molecule has 0 spiro atoms. The number of nitrogens with zero attached hydrogens (tertiary/aromatic N) is 1. The fourth-order valence-electron chi connectivity index (χ4n) is 2.74. The van der Waals surface area contributed by atoms with Crippen LogP contribution in [0.4, 0.5) is 0 Å². The molecule has 3 nitrogen and oxygen atoms in total. The summed E-state index contributed by atoms with van der Waals surface area (Å²) in [6.45, 7) is 4.44. The lowest BCUT2D eigenvalue weighted by atomic mass is 10.0. The van der Waals surface area contributed by atoms with Crippen LogP contribution in [0.5, 0.6) is 0 Å². The highest BCUT2D eigenvalue weighted by Crippen LogP contribution is 2.14. The first-order valence-corrected chi connectivity index (χ1v) is 6.48. The molecular formula is C12H24N2O. The summed E-state index contributed by atoms with van der Waals surface area (Å²) >= 11 is 0. The maximum atomic E-state index is 9.56. The summed E-state index contributed by atoms with van der Waals surface area (Å²) in [7, 11) is 0. The number of nitrogens with one attached hydrogen (secondary N) is 1. The van der Waals surface area contributed by atoms with Crippen molar-refractivity contribution in [2.24, 2.45) is 0 Å². The summed E-state index contributed by atoms with van der Waals surface area (Å²) in [5.74, 6) is 0. The molecule has 0 saturated carbocycles. The summed E-state index contributed by atoms with van der Waals surface area (Å²) in [4.78, 5) is 2.42. The molecule has 0 amide bonds. The lowest BCUT2D eigenvalue weighted by molar-refractivity contribution is 0.0680. The van der Waals surface area contributed by atoms with E-state index in [0.717, 1.165) is 25.6 Å².